The summed E-state index contributed by atoms with van der Waals surface area (Å²) in [5.41, 5.74) is -0.743. The third kappa shape index (κ3) is 7.76. The van der Waals surface area contributed by atoms with Crippen LogP contribution in [0.3, 0.4) is 0 Å². The first-order chi connectivity index (χ1) is 4.27. The molecule has 0 spiro atoms. The SMILES string of the molecule is [CH]CCCCOC(=O)Cl. The van der Waals surface area contributed by atoms with E-state index in [1.807, 2.05) is 0 Å². The fraction of sp³-hybridized carbons (Fsp3) is 0.667. The summed E-state index contributed by atoms with van der Waals surface area (Å²) in [7, 11) is 0. The molecule has 0 aliphatic carbocycles. The summed E-state index contributed by atoms with van der Waals surface area (Å²) in [6, 6.07) is 0. The van der Waals surface area contributed by atoms with E-state index in [0.717, 1.165) is 12.8 Å². The van der Waals surface area contributed by atoms with Crippen molar-refractivity contribution in [3.63, 3.8) is 0 Å². The van der Waals surface area contributed by atoms with Crippen LogP contribution >= 0.6 is 11.6 Å². The minimum atomic E-state index is -0.743. The van der Waals surface area contributed by atoms with Gasteiger partial charge in [-0.3, -0.25) is 0 Å². The third-order valence-electron chi connectivity index (χ3n) is 0.814. The summed E-state index contributed by atoms with van der Waals surface area (Å²) in [5, 5.41) is 0. The maximum absolute atomic E-state index is 9.92. The maximum atomic E-state index is 9.92. The van der Waals surface area contributed by atoms with Gasteiger partial charge in [0.2, 0.25) is 0 Å². The topological polar surface area (TPSA) is 26.3 Å². The van der Waals surface area contributed by atoms with Crippen LogP contribution in [0.15, 0.2) is 0 Å². The number of carbonyl (C=O) groups excluding carboxylic acids is 1. The third-order valence-corrected chi connectivity index (χ3v) is 0.923. The molecule has 3 heteroatoms. The highest BCUT2D eigenvalue weighted by molar-refractivity contribution is 6.61. The summed E-state index contributed by atoms with van der Waals surface area (Å²) in [6.45, 7) is 5.55. The van der Waals surface area contributed by atoms with Crippen LogP contribution in [0.2, 0.25) is 0 Å². The highest BCUT2D eigenvalue weighted by Crippen LogP contribution is 1.95. The summed E-state index contributed by atoms with van der Waals surface area (Å²) in [6.07, 6.45) is 2.28. The van der Waals surface area contributed by atoms with Crippen molar-refractivity contribution in [3.8, 4) is 0 Å². The molecule has 0 aromatic rings. The van der Waals surface area contributed by atoms with Gasteiger partial charge < -0.3 is 4.74 Å². The molecular weight excluding hydrogens is 140 g/mol. The van der Waals surface area contributed by atoms with E-state index in [1.54, 1.807) is 0 Å². The van der Waals surface area contributed by atoms with Gasteiger partial charge in [0.15, 0.2) is 0 Å². The lowest BCUT2D eigenvalue weighted by atomic mass is 10.3. The number of carbonyl (C=O) groups is 1. The van der Waals surface area contributed by atoms with Crippen LogP contribution in [-0.2, 0) is 4.74 Å². The van der Waals surface area contributed by atoms with Gasteiger partial charge in [-0.05, 0) is 26.2 Å². The van der Waals surface area contributed by atoms with Gasteiger partial charge in [0, 0.05) is 11.6 Å². The van der Waals surface area contributed by atoms with Crippen molar-refractivity contribution >= 4 is 17.0 Å². The highest BCUT2D eigenvalue weighted by Gasteiger charge is 1.92. The van der Waals surface area contributed by atoms with E-state index >= 15 is 0 Å². The van der Waals surface area contributed by atoms with Gasteiger partial charge in [0.1, 0.15) is 0 Å². The normalized spacial score (nSPS) is 9.11. The molecule has 0 aromatic heterocycles. The standard InChI is InChI=1S/C6H9ClO2/c1-2-3-4-5-9-6(7)8/h1H,2-5H2. The smallest absolute Gasteiger partial charge is 0.403 e. The van der Waals surface area contributed by atoms with Crippen LogP contribution in [0.1, 0.15) is 19.3 Å². The Morgan fingerprint density at radius 3 is 2.67 bits per heavy atom. The lowest BCUT2D eigenvalue weighted by molar-refractivity contribution is 0.171. The highest BCUT2D eigenvalue weighted by atomic mass is 35.5. The first-order valence-electron chi connectivity index (χ1n) is 2.79. The summed E-state index contributed by atoms with van der Waals surface area (Å²) in [4.78, 5) is 9.92. The van der Waals surface area contributed by atoms with E-state index in [-0.39, 0.29) is 0 Å². The molecule has 0 saturated carbocycles. The van der Waals surface area contributed by atoms with Gasteiger partial charge in [-0.2, -0.15) is 0 Å². The van der Waals surface area contributed by atoms with Gasteiger partial charge in [-0.15, -0.1) is 0 Å². The summed E-state index contributed by atoms with van der Waals surface area (Å²) < 4.78 is 4.41. The van der Waals surface area contributed by atoms with Crippen molar-refractivity contribution in [1.29, 1.82) is 0 Å². The molecular formula is C6H9ClO2. The first-order valence-corrected chi connectivity index (χ1v) is 3.17. The van der Waals surface area contributed by atoms with Crippen LogP contribution in [0.25, 0.3) is 0 Å². The zero-order valence-electron chi connectivity index (χ0n) is 5.10. The largest absolute Gasteiger partial charge is 0.454 e. The van der Waals surface area contributed by atoms with E-state index in [4.69, 9.17) is 18.5 Å². The average molecular weight is 149 g/mol. The van der Waals surface area contributed by atoms with Gasteiger partial charge in [-0.1, -0.05) is 0 Å². The quantitative estimate of drug-likeness (QED) is 0.452. The van der Waals surface area contributed by atoms with Gasteiger partial charge in [-0.25, -0.2) is 4.79 Å². The molecule has 0 aliphatic rings. The molecule has 0 N–H and O–H groups in total. The Bertz CT molecular complexity index is 83.1. The van der Waals surface area contributed by atoms with Crippen molar-refractivity contribution in [1.82, 2.24) is 0 Å². The second-order valence-electron chi connectivity index (χ2n) is 1.58. The van der Waals surface area contributed by atoms with E-state index in [2.05, 4.69) is 4.74 Å². The molecule has 0 fully saturated rings. The Balaban J connectivity index is 2.83. The Morgan fingerprint density at radius 2 is 2.22 bits per heavy atom. The fourth-order valence-electron chi connectivity index (χ4n) is 0.399. The van der Waals surface area contributed by atoms with Gasteiger partial charge in [0.25, 0.3) is 0 Å². The molecule has 0 bridgehead atoms. The number of rotatable bonds is 4. The molecule has 0 aromatic carbocycles. The molecule has 2 radical (unpaired) electrons. The van der Waals surface area contributed by atoms with Crippen LogP contribution in [0, 0.1) is 6.92 Å². The lowest BCUT2D eigenvalue weighted by Crippen LogP contribution is -1.95. The molecule has 0 aliphatic heterocycles. The molecule has 2 nitrogen and oxygen atoms in total. The second kappa shape index (κ2) is 5.89. The molecule has 0 rings (SSSR count). The minimum absolute atomic E-state index is 0.375. The zero-order valence-corrected chi connectivity index (χ0v) is 5.86. The molecule has 0 heterocycles. The van der Waals surface area contributed by atoms with E-state index in [9.17, 15) is 4.79 Å². The minimum Gasteiger partial charge on any atom is -0.454 e. The van der Waals surface area contributed by atoms with Crippen LogP contribution in [-0.4, -0.2) is 12.0 Å². The first kappa shape index (κ1) is 8.76. The van der Waals surface area contributed by atoms with Crippen molar-refractivity contribution in [2.24, 2.45) is 0 Å². The average Bonchev–Trinajstić information content (AvgIpc) is 1.80. The molecule has 52 valence electrons. The Kier molecular flexibility index (Phi) is 5.73. The van der Waals surface area contributed by atoms with Crippen molar-refractivity contribution < 1.29 is 9.53 Å². The van der Waals surface area contributed by atoms with Crippen molar-refractivity contribution in [2.45, 2.75) is 19.3 Å². The lowest BCUT2D eigenvalue weighted by Gasteiger charge is -1.96. The van der Waals surface area contributed by atoms with Crippen LogP contribution in [0.5, 0.6) is 0 Å². The summed E-state index contributed by atoms with van der Waals surface area (Å²) >= 11 is 4.86. The zero-order chi connectivity index (χ0) is 7.11. The molecule has 0 atom stereocenters. The number of unbranched alkanes of at least 4 members (excludes halogenated alkanes) is 2. The van der Waals surface area contributed by atoms with Crippen LogP contribution < -0.4 is 0 Å². The number of hydrogen-bond donors (Lipinski definition) is 0. The monoisotopic (exact) mass is 148 g/mol. The Hall–Kier alpha value is -0.240. The number of halogens is 1. The predicted octanol–water partition coefficient (Wildman–Crippen LogP) is 2.24. The Morgan fingerprint density at radius 1 is 1.56 bits per heavy atom. The second-order valence-corrected chi connectivity index (χ2v) is 1.89. The van der Waals surface area contributed by atoms with Gasteiger partial charge in [0.05, 0.1) is 6.61 Å². The van der Waals surface area contributed by atoms with E-state index in [0.29, 0.717) is 13.0 Å². The van der Waals surface area contributed by atoms with Gasteiger partial charge >= 0.3 is 5.43 Å². The predicted molar refractivity (Wildman–Crippen MR) is 35.4 cm³/mol. The molecule has 9 heavy (non-hydrogen) atoms. The maximum Gasteiger partial charge on any atom is 0.403 e. The van der Waals surface area contributed by atoms with E-state index < -0.39 is 5.43 Å². The molecule has 0 amide bonds. The Labute approximate surface area is 60.1 Å². The van der Waals surface area contributed by atoms with Crippen molar-refractivity contribution in [2.75, 3.05) is 6.61 Å². The molecule has 0 saturated heterocycles. The number of ether oxygens (including phenoxy) is 1. The number of hydrogen-bond acceptors (Lipinski definition) is 2. The van der Waals surface area contributed by atoms with E-state index in [1.165, 1.54) is 0 Å². The van der Waals surface area contributed by atoms with Crippen LogP contribution in [0.4, 0.5) is 4.79 Å². The van der Waals surface area contributed by atoms with Crippen molar-refractivity contribution in [3.05, 3.63) is 6.92 Å². The summed E-state index contributed by atoms with van der Waals surface area (Å²) in [5.74, 6) is 0. The molecule has 0 unspecified atom stereocenters. The fourth-order valence-corrected chi connectivity index (χ4v) is 0.476.